The number of ether oxygens (including phenoxy) is 1. The highest BCUT2D eigenvalue weighted by Gasteiger charge is 2.39. The van der Waals surface area contributed by atoms with Crippen molar-refractivity contribution >= 4 is 64.1 Å². The molecule has 0 radical (unpaired) electrons. The van der Waals surface area contributed by atoms with E-state index < -0.39 is 72.6 Å². The molecular weight excluding hydrogens is 693 g/mol. The number of hydrogen-bond donors (Lipinski definition) is 8. The second-order valence-corrected chi connectivity index (χ2v) is 11.3. The number of carbonyl (C=O) groups is 6. The van der Waals surface area contributed by atoms with Crippen molar-refractivity contribution in [3.05, 3.63) is 27.3 Å². The van der Waals surface area contributed by atoms with Gasteiger partial charge in [0.05, 0.1) is 29.7 Å². The van der Waals surface area contributed by atoms with E-state index in [2.05, 4.69) is 26.3 Å². The monoisotopic (exact) mass is 728 g/mol. The van der Waals surface area contributed by atoms with Crippen molar-refractivity contribution in [2.24, 2.45) is 16.5 Å². The summed E-state index contributed by atoms with van der Waals surface area (Å²) in [5, 5.41) is 29.2. The number of aliphatic carboxylic acids is 1. The molecule has 3 rings (SSSR count). The first-order chi connectivity index (χ1) is 20.8. The maximum atomic E-state index is 14.0. The minimum Gasteiger partial charge on any atom is -0.507 e. The Morgan fingerprint density at radius 1 is 1.05 bits per heavy atom. The SMILES string of the molecule is NC(N)=NCCC[C@@H]1NC(=O)[C@H]2COCCN2C(=O)[C@@H](Cc2ccc(O)c([125I])c2)NC(=O)[C@H](CC(=O)O)NC(=O)CNC1=O. The third-order valence-corrected chi connectivity index (χ3v) is 7.68. The minimum absolute atomic E-state index is 0.0111. The number of carboxylic acids is 1. The lowest BCUT2D eigenvalue weighted by molar-refractivity contribution is -0.151. The minimum atomic E-state index is -1.59. The van der Waals surface area contributed by atoms with Gasteiger partial charge in [-0.3, -0.25) is 33.8 Å². The van der Waals surface area contributed by atoms with Crippen molar-refractivity contribution in [2.45, 2.75) is 49.9 Å². The van der Waals surface area contributed by atoms with Crippen molar-refractivity contribution in [3.8, 4) is 5.75 Å². The number of guanidine groups is 1. The number of phenols is 1. The number of hydrogen-bond acceptors (Lipinski definition) is 9. The lowest BCUT2D eigenvalue weighted by atomic mass is 10.0. The summed E-state index contributed by atoms with van der Waals surface area (Å²) in [5.74, 6) is -5.48. The van der Waals surface area contributed by atoms with E-state index in [0.717, 1.165) is 0 Å². The fourth-order valence-electron chi connectivity index (χ4n) is 4.63. The number of halogens is 1. The van der Waals surface area contributed by atoms with E-state index in [1.54, 1.807) is 12.1 Å². The van der Waals surface area contributed by atoms with E-state index in [-0.39, 0.29) is 57.3 Å². The van der Waals surface area contributed by atoms with Crippen molar-refractivity contribution in [2.75, 3.05) is 32.8 Å². The summed E-state index contributed by atoms with van der Waals surface area (Å²) in [6.07, 6.45) is -0.550. The summed E-state index contributed by atoms with van der Waals surface area (Å²) in [7, 11) is 0. The van der Waals surface area contributed by atoms with Gasteiger partial charge in [0.2, 0.25) is 29.5 Å². The number of morpholine rings is 1. The Morgan fingerprint density at radius 2 is 1.77 bits per heavy atom. The Hall–Kier alpha value is -4.20. The molecule has 0 saturated carbocycles. The molecule has 2 fully saturated rings. The van der Waals surface area contributed by atoms with Crippen molar-refractivity contribution in [1.82, 2.24) is 26.2 Å². The van der Waals surface area contributed by atoms with E-state index in [1.165, 1.54) is 11.0 Å². The van der Waals surface area contributed by atoms with E-state index >= 15 is 0 Å². The molecule has 240 valence electrons. The van der Waals surface area contributed by atoms with Crippen LogP contribution >= 0.6 is 22.6 Å². The topological polar surface area (TPSA) is 268 Å². The molecule has 0 unspecified atom stereocenters. The number of carbonyl (C=O) groups excluding carboxylic acids is 5. The number of nitrogens with zero attached hydrogens (tertiary/aromatic N) is 2. The average Bonchev–Trinajstić information content (AvgIpc) is 2.97. The molecule has 0 bridgehead atoms. The van der Waals surface area contributed by atoms with Crippen LogP contribution in [0.2, 0.25) is 0 Å². The first-order valence-electron chi connectivity index (χ1n) is 13.7. The van der Waals surface area contributed by atoms with Gasteiger partial charge in [0.25, 0.3) is 0 Å². The zero-order chi connectivity index (χ0) is 32.4. The van der Waals surface area contributed by atoms with Crippen LogP contribution in [0.4, 0.5) is 0 Å². The third-order valence-electron chi connectivity index (χ3n) is 6.81. The molecule has 2 aliphatic rings. The molecule has 1 aromatic rings. The summed E-state index contributed by atoms with van der Waals surface area (Å²) in [6.45, 7) is -0.600. The van der Waals surface area contributed by atoms with E-state index in [4.69, 9.17) is 16.2 Å². The van der Waals surface area contributed by atoms with Crippen LogP contribution in [-0.4, -0.2) is 114 Å². The van der Waals surface area contributed by atoms with Crippen LogP contribution in [0, 0.1) is 3.57 Å². The number of carboxylic acid groups (broad SMARTS) is 1. The van der Waals surface area contributed by atoms with Crippen molar-refractivity contribution in [1.29, 1.82) is 0 Å². The lowest BCUT2D eigenvalue weighted by Crippen LogP contribution is -2.62. The first kappa shape index (κ1) is 34.3. The molecule has 10 N–H and O–H groups in total. The van der Waals surface area contributed by atoms with Gasteiger partial charge in [-0.25, -0.2) is 0 Å². The van der Waals surface area contributed by atoms with Gasteiger partial charge in [-0.2, -0.15) is 0 Å². The van der Waals surface area contributed by atoms with Gasteiger partial charge in [0, 0.05) is 19.5 Å². The Morgan fingerprint density at radius 3 is 2.45 bits per heavy atom. The Balaban J connectivity index is 1.99. The van der Waals surface area contributed by atoms with Crippen molar-refractivity contribution in [3.63, 3.8) is 0 Å². The van der Waals surface area contributed by atoms with Crippen LogP contribution < -0.4 is 32.7 Å². The Kier molecular flexibility index (Phi) is 12.5. The Bertz CT molecular complexity index is 1310. The quantitative estimate of drug-likeness (QED) is 0.0574. The fourth-order valence-corrected chi connectivity index (χ4v) is 5.21. The number of nitrogens with two attached hydrogens (primary N) is 2. The molecule has 1 aromatic carbocycles. The van der Waals surface area contributed by atoms with E-state index in [9.17, 15) is 39.0 Å². The predicted octanol–water partition coefficient (Wildman–Crippen LogP) is -3.12. The summed E-state index contributed by atoms with van der Waals surface area (Å²) in [5.41, 5.74) is 11.2. The highest BCUT2D eigenvalue weighted by atomic mass is 125. The predicted molar refractivity (Wildman–Crippen MR) is 162 cm³/mol. The number of phenolic OH excluding ortho intramolecular Hbond substituents is 1. The highest BCUT2D eigenvalue weighted by Crippen LogP contribution is 2.22. The molecule has 0 spiro atoms. The Labute approximate surface area is 265 Å². The number of benzene rings is 1. The summed E-state index contributed by atoms with van der Waals surface area (Å²) >= 11 is 1.90. The van der Waals surface area contributed by atoms with Gasteiger partial charge >= 0.3 is 5.97 Å². The zero-order valence-electron chi connectivity index (χ0n) is 23.6. The molecule has 4 atom stereocenters. The summed E-state index contributed by atoms with van der Waals surface area (Å²) < 4.78 is 5.96. The number of rotatable bonds is 8. The molecule has 17 nitrogen and oxygen atoms in total. The fraction of sp³-hybridized carbons (Fsp3) is 0.500. The van der Waals surface area contributed by atoms with Crippen LogP contribution in [0.5, 0.6) is 5.75 Å². The molecule has 18 heteroatoms. The summed E-state index contributed by atoms with van der Waals surface area (Å²) in [4.78, 5) is 83.1. The largest absolute Gasteiger partial charge is 0.507 e. The normalized spacial score (nSPS) is 23.6. The van der Waals surface area contributed by atoms with Crippen LogP contribution in [0.15, 0.2) is 23.2 Å². The molecule has 2 saturated heterocycles. The second-order valence-electron chi connectivity index (χ2n) is 10.1. The highest BCUT2D eigenvalue weighted by molar-refractivity contribution is 14.1. The van der Waals surface area contributed by atoms with Crippen LogP contribution in [0.1, 0.15) is 24.8 Å². The number of nitrogens with one attached hydrogen (secondary N) is 4. The van der Waals surface area contributed by atoms with Gasteiger partial charge in [0.1, 0.15) is 29.9 Å². The number of amides is 5. The molecule has 0 aliphatic carbocycles. The molecule has 44 heavy (non-hydrogen) atoms. The smallest absolute Gasteiger partial charge is 0.305 e. The second kappa shape index (κ2) is 16.0. The maximum absolute atomic E-state index is 14.0. The van der Waals surface area contributed by atoms with Gasteiger partial charge in [-0.15, -0.1) is 0 Å². The van der Waals surface area contributed by atoms with Crippen molar-refractivity contribution < 1.29 is 43.7 Å². The average molecular weight is 729 g/mol. The number of aromatic hydroxyl groups is 1. The van der Waals surface area contributed by atoms with E-state index in [0.29, 0.717) is 9.13 Å². The first-order valence-corrected chi connectivity index (χ1v) is 14.7. The number of fused-ring (bicyclic) bond motifs is 1. The van der Waals surface area contributed by atoms with Gasteiger partial charge in [-0.05, 0) is 53.1 Å². The summed E-state index contributed by atoms with van der Waals surface area (Å²) in [6, 6.07) is -0.642. The molecule has 5 amide bonds. The lowest BCUT2D eigenvalue weighted by Gasteiger charge is -2.37. The van der Waals surface area contributed by atoms with E-state index in [1.807, 2.05) is 22.6 Å². The molecule has 2 heterocycles. The van der Waals surface area contributed by atoms with Crippen LogP contribution in [0.3, 0.4) is 0 Å². The molecule has 2 aliphatic heterocycles. The third kappa shape index (κ3) is 9.93. The maximum Gasteiger partial charge on any atom is 0.305 e. The zero-order valence-corrected chi connectivity index (χ0v) is 25.7. The van der Waals surface area contributed by atoms with Gasteiger partial charge in [0.15, 0.2) is 5.96 Å². The number of aliphatic imine (C=N–C) groups is 1. The molecular formula is C26H35IN8O9. The molecule has 0 aromatic heterocycles. The van der Waals surface area contributed by atoms with Gasteiger partial charge in [-0.1, -0.05) is 6.07 Å². The van der Waals surface area contributed by atoms with Crippen LogP contribution in [0.25, 0.3) is 0 Å². The standard InChI is InChI=1S/C26H35IN8O9/c27-14-8-13(3-4-19(14)36)9-17-25(43)35-6-7-44-12-18(35)24(42)33-15(2-1-5-30-26(28)29)22(40)31-11-20(37)32-16(10-21(38)39)23(41)34-17/h3-4,8,15-18,36H,1-2,5-7,9-12H2,(H,31,40)(H,32,37)(H,33,42)(H,34,41)(H,38,39)(H4,28,29,30)/t15-,16-,17+,18+/m0/s1/i27-2. The van der Waals surface area contributed by atoms with Crippen LogP contribution in [-0.2, 0) is 39.9 Å². The van der Waals surface area contributed by atoms with Gasteiger partial charge < -0.3 is 52.6 Å².